The molecule has 3 heteroatoms. The Kier molecular flexibility index (Phi) is 2.94. The highest BCUT2D eigenvalue weighted by Crippen LogP contribution is 2.26. The summed E-state index contributed by atoms with van der Waals surface area (Å²) >= 11 is 0. The summed E-state index contributed by atoms with van der Waals surface area (Å²) in [6.45, 7) is 0. The maximum absolute atomic E-state index is 10.9. The van der Waals surface area contributed by atoms with Crippen molar-refractivity contribution < 1.29 is 4.79 Å². The number of hydrogen-bond donors (Lipinski definition) is 0. The van der Waals surface area contributed by atoms with Gasteiger partial charge in [0.05, 0.1) is 12.0 Å². The lowest BCUT2D eigenvalue weighted by atomic mass is 10.0. The second kappa shape index (κ2) is 4.90. The van der Waals surface area contributed by atoms with Crippen molar-refractivity contribution in [3.63, 3.8) is 0 Å². The quantitative estimate of drug-likeness (QED) is 0.666. The lowest BCUT2D eigenvalue weighted by molar-refractivity contribution is 0.112. The number of rotatable bonds is 3. The highest BCUT2D eigenvalue weighted by molar-refractivity contribution is 5.81. The fourth-order valence-electron chi connectivity index (χ4n) is 2.12. The van der Waals surface area contributed by atoms with Gasteiger partial charge in [0, 0.05) is 23.5 Å². The molecule has 0 saturated heterocycles. The molecule has 0 unspecified atom stereocenters. The minimum Gasteiger partial charge on any atom is -0.306 e. The number of carbonyl (C=O) groups is 1. The van der Waals surface area contributed by atoms with Gasteiger partial charge in [-0.15, -0.1) is 0 Å². The number of carbonyl (C=O) groups excluding carboxylic acids is 1. The van der Waals surface area contributed by atoms with Gasteiger partial charge in [-0.1, -0.05) is 36.4 Å². The summed E-state index contributed by atoms with van der Waals surface area (Å²) in [7, 11) is 0. The number of benzene rings is 2. The van der Waals surface area contributed by atoms with Crippen molar-refractivity contribution in [2.24, 2.45) is 0 Å². The van der Waals surface area contributed by atoms with E-state index >= 15 is 0 Å². The van der Waals surface area contributed by atoms with Crippen LogP contribution in [0.3, 0.4) is 0 Å². The minimum atomic E-state index is 0.679. The Bertz CT molecular complexity index is 702. The minimum absolute atomic E-state index is 0.679. The van der Waals surface area contributed by atoms with Crippen LogP contribution in [0.4, 0.5) is 0 Å². The van der Waals surface area contributed by atoms with Gasteiger partial charge in [-0.25, -0.2) is 4.98 Å². The number of imidazole rings is 1. The van der Waals surface area contributed by atoms with Crippen molar-refractivity contribution in [1.29, 1.82) is 0 Å². The van der Waals surface area contributed by atoms with E-state index in [9.17, 15) is 4.79 Å². The van der Waals surface area contributed by atoms with Crippen LogP contribution in [0.15, 0.2) is 67.3 Å². The van der Waals surface area contributed by atoms with Crippen molar-refractivity contribution in [1.82, 2.24) is 9.55 Å². The van der Waals surface area contributed by atoms with Crippen molar-refractivity contribution >= 4 is 6.29 Å². The molecule has 3 nitrogen and oxygen atoms in total. The first kappa shape index (κ1) is 11.4. The van der Waals surface area contributed by atoms with Gasteiger partial charge in [-0.05, 0) is 17.7 Å². The Morgan fingerprint density at radius 2 is 1.95 bits per heavy atom. The highest BCUT2D eigenvalue weighted by Gasteiger charge is 2.06. The zero-order chi connectivity index (χ0) is 13.1. The van der Waals surface area contributed by atoms with Crippen LogP contribution in [0.1, 0.15) is 10.4 Å². The van der Waals surface area contributed by atoms with Crippen LogP contribution in [0.2, 0.25) is 0 Å². The van der Waals surface area contributed by atoms with Crippen molar-refractivity contribution in [2.45, 2.75) is 0 Å². The van der Waals surface area contributed by atoms with Gasteiger partial charge >= 0.3 is 0 Å². The molecule has 1 aromatic heterocycles. The van der Waals surface area contributed by atoms with Crippen LogP contribution in [0.5, 0.6) is 0 Å². The first-order chi connectivity index (χ1) is 9.38. The number of aromatic nitrogens is 2. The van der Waals surface area contributed by atoms with E-state index in [2.05, 4.69) is 4.98 Å². The third-order valence-corrected chi connectivity index (χ3v) is 3.02. The van der Waals surface area contributed by atoms with Crippen LogP contribution >= 0.6 is 0 Å². The van der Waals surface area contributed by atoms with Crippen LogP contribution in [0, 0.1) is 0 Å². The molecule has 19 heavy (non-hydrogen) atoms. The van der Waals surface area contributed by atoms with E-state index in [1.165, 1.54) is 0 Å². The molecule has 3 rings (SSSR count). The SMILES string of the molecule is O=Cc1cccc(-c2ccccc2-n2ccnc2)c1. The molecule has 0 amide bonds. The number of hydrogen-bond acceptors (Lipinski definition) is 2. The van der Waals surface area contributed by atoms with Gasteiger partial charge in [0.25, 0.3) is 0 Å². The Morgan fingerprint density at radius 3 is 2.74 bits per heavy atom. The van der Waals surface area contributed by atoms with Gasteiger partial charge in [-0.3, -0.25) is 4.79 Å². The standard InChI is InChI=1S/C16H12N2O/c19-11-13-4-3-5-14(10-13)15-6-1-2-7-16(15)18-9-8-17-12-18/h1-12H. The number of aldehydes is 1. The van der Waals surface area contributed by atoms with E-state index in [0.29, 0.717) is 5.56 Å². The summed E-state index contributed by atoms with van der Waals surface area (Å²) in [4.78, 5) is 15.0. The van der Waals surface area contributed by atoms with Crippen LogP contribution in [0.25, 0.3) is 16.8 Å². The number of nitrogens with zero attached hydrogens (tertiary/aromatic N) is 2. The molecule has 1 heterocycles. The van der Waals surface area contributed by atoms with Crippen molar-refractivity contribution in [2.75, 3.05) is 0 Å². The molecule has 0 fully saturated rings. The molecule has 0 atom stereocenters. The molecule has 2 aromatic carbocycles. The summed E-state index contributed by atoms with van der Waals surface area (Å²) in [5.41, 5.74) is 3.82. The van der Waals surface area contributed by atoms with Crippen LogP contribution < -0.4 is 0 Å². The molecule has 0 bridgehead atoms. The molecule has 0 aliphatic carbocycles. The van der Waals surface area contributed by atoms with Crippen molar-refractivity contribution in [3.8, 4) is 16.8 Å². The van der Waals surface area contributed by atoms with Gasteiger partial charge in [-0.2, -0.15) is 0 Å². The third kappa shape index (κ3) is 2.18. The molecule has 0 N–H and O–H groups in total. The lowest BCUT2D eigenvalue weighted by Crippen LogP contribution is -1.94. The molecule has 0 saturated carbocycles. The summed E-state index contributed by atoms with van der Waals surface area (Å²) in [6.07, 6.45) is 6.28. The van der Waals surface area contributed by atoms with Gasteiger partial charge in [0.1, 0.15) is 6.29 Å². The smallest absolute Gasteiger partial charge is 0.150 e. The fraction of sp³-hybridized carbons (Fsp3) is 0. The summed E-state index contributed by atoms with van der Waals surface area (Å²) in [5.74, 6) is 0. The summed E-state index contributed by atoms with van der Waals surface area (Å²) in [5, 5.41) is 0. The zero-order valence-corrected chi connectivity index (χ0v) is 10.2. The molecule has 0 radical (unpaired) electrons. The summed E-state index contributed by atoms with van der Waals surface area (Å²) in [6, 6.07) is 15.6. The Hall–Kier alpha value is -2.68. The van der Waals surface area contributed by atoms with Crippen molar-refractivity contribution in [3.05, 3.63) is 72.8 Å². The number of para-hydroxylation sites is 1. The fourth-order valence-corrected chi connectivity index (χ4v) is 2.12. The molecule has 92 valence electrons. The maximum atomic E-state index is 10.9. The zero-order valence-electron chi connectivity index (χ0n) is 10.2. The monoisotopic (exact) mass is 248 g/mol. The normalized spacial score (nSPS) is 10.3. The van der Waals surface area contributed by atoms with Gasteiger partial charge in [0.15, 0.2) is 0 Å². The van der Waals surface area contributed by atoms with Crippen LogP contribution in [-0.4, -0.2) is 15.8 Å². The largest absolute Gasteiger partial charge is 0.306 e. The van der Waals surface area contributed by atoms with Crippen LogP contribution in [-0.2, 0) is 0 Å². The van der Waals surface area contributed by atoms with E-state index in [4.69, 9.17) is 0 Å². The van der Waals surface area contributed by atoms with E-state index in [-0.39, 0.29) is 0 Å². The first-order valence-electron chi connectivity index (χ1n) is 6.01. The average Bonchev–Trinajstić information content (AvgIpc) is 3.01. The third-order valence-electron chi connectivity index (χ3n) is 3.02. The Labute approximate surface area is 111 Å². The van der Waals surface area contributed by atoms with Gasteiger partial charge < -0.3 is 4.57 Å². The summed E-state index contributed by atoms with van der Waals surface area (Å²) < 4.78 is 1.96. The average molecular weight is 248 g/mol. The first-order valence-corrected chi connectivity index (χ1v) is 6.01. The molecule has 0 aliphatic heterocycles. The van der Waals surface area contributed by atoms with E-state index < -0.39 is 0 Å². The predicted octanol–water partition coefficient (Wildman–Crippen LogP) is 3.35. The maximum Gasteiger partial charge on any atom is 0.150 e. The topological polar surface area (TPSA) is 34.9 Å². The van der Waals surface area contributed by atoms with E-state index in [1.807, 2.05) is 53.2 Å². The molecule has 0 aliphatic rings. The molecular weight excluding hydrogens is 236 g/mol. The molecule has 3 aromatic rings. The predicted molar refractivity (Wildman–Crippen MR) is 74.4 cm³/mol. The van der Waals surface area contributed by atoms with E-state index in [0.717, 1.165) is 23.1 Å². The second-order valence-corrected chi connectivity index (χ2v) is 4.23. The Balaban J connectivity index is 2.17. The highest BCUT2D eigenvalue weighted by atomic mass is 16.1. The Morgan fingerprint density at radius 1 is 1.05 bits per heavy atom. The molecular formula is C16H12N2O. The second-order valence-electron chi connectivity index (χ2n) is 4.23. The lowest BCUT2D eigenvalue weighted by Gasteiger charge is -2.10. The van der Waals surface area contributed by atoms with E-state index in [1.54, 1.807) is 18.6 Å². The van der Waals surface area contributed by atoms with Gasteiger partial charge in [0.2, 0.25) is 0 Å². The molecule has 0 spiro atoms.